The van der Waals surface area contributed by atoms with Gasteiger partial charge < -0.3 is 9.80 Å². The Bertz CT molecular complexity index is 437. The van der Waals surface area contributed by atoms with Crippen molar-refractivity contribution in [2.24, 2.45) is 0 Å². The van der Waals surface area contributed by atoms with Crippen molar-refractivity contribution in [3.8, 4) is 0 Å². The number of hydrogen-bond donors (Lipinski definition) is 2. The molecule has 0 heterocycles. The average Bonchev–Trinajstić information content (AvgIpc) is 2.35. The molecule has 25 heavy (non-hydrogen) atoms. The monoisotopic (exact) mass is 610 g/mol. The van der Waals surface area contributed by atoms with Gasteiger partial charge in [0.1, 0.15) is 8.64 Å². The van der Waals surface area contributed by atoms with Gasteiger partial charge in [0.05, 0.1) is 0 Å². The van der Waals surface area contributed by atoms with Crippen LogP contribution in [0.5, 0.6) is 0 Å². The van der Waals surface area contributed by atoms with Crippen molar-refractivity contribution in [3.63, 3.8) is 0 Å². The van der Waals surface area contributed by atoms with Crippen molar-refractivity contribution in [3.05, 3.63) is 48.6 Å². The third-order valence-electron chi connectivity index (χ3n) is 2.38. The maximum absolute atomic E-state index is 4.96. The van der Waals surface area contributed by atoms with Gasteiger partial charge in [0, 0.05) is 53.5 Å². The number of thiocarbonyl (C=S) groups is 2. The van der Waals surface area contributed by atoms with Crippen LogP contribution in [0.25, 0.3) is 0 Å². The molecule has 4 radical (unpaired) electrons. The smallest absolute Gasteiger partial charge is 0.133 e. The molecule has 140 valence electrons. The molecule has 2 nitrogen and oxygen atoms in total. The van der Waals surface area contributed by atoms with Gasteiger partial charge in [0.15, 0.2) is 0 Å². The maximum Gasteiger partial charge on any atom is 0.133 e. The van der Waals surface area contributed by atoms with E-state index >= 15 is 0 Å². The van der Waals surface area contributed by atoms with Gasteiger partial charge in [-0.2, -0.15) is 0 Å². The van der Waals surface area contributed by atoms with Crippen molar-refractivity contribution >= 4 is 85.6 Å². The molecule has 0 atom stereocenters. The fraction of sp³-hybridized carbons (Fsp3) is 0.444. The summed E-state index contributed by atoms with van der Waals surface area (Å²) in [7, 11) is 0. The molecular formula is C18H30N2PbS4. The molecule has 0 aromatic carbocycles. The fourth-order valence-corrected chi connectivity index (χ4v) is 2.23. The Kier molecular flexibility index (Phi) is 19.9. The van der Waals surface area contributed by atoms with Crippen molar-refractivity contribution in [2.75, 3.05) is 26.2 Å². The SMILES string of the molecule is C=C(C)CN(CC(=C)C)C(=S)S.C=C(C)CN(CC(=C)C)C(=S)S.[Pb]. The largest absolute Gasteiger partial charge is 0.350 e. The Morgan fingerprint density at radius 3 is 0.880 bits per heavy atom. The van der Waals surface area contributed by atoms with Crippen LogP contribution in [0.2, 0.25) is 0 Å². The van der Waals surface area contributed by atoms with Crippen molar-refractivity contribution in [1.82, 2.24) is 9.80 Å². The predicted octanol–water partition coefficient (Wildman–Crippen LogP) is 4.93. The summed E-state index contributed by atoms with van der Waals surface area (Å²) >= 11 is 18.2. The van der Waals surface area contributed by atoms with Crippen molar-refractivity contribution < 1.29 is 0 Å². The minimum absolute atomic E-state index is 0. The second-order valence-electron chi connectivity index (χ2n) is 6.11. The number of thiol groups is 2. The standard InChI is InChI=1S/2C9H15NS2.Pb/c2*1-7(2)5-10(9(11)12)6-8(3)4;/h2*1,3,5-6H2,2,4H3,(H,11,12);. The Balaban J connectivity index is -0.000000372. The van der Waals surface area contributed by atoms with E-state index < -0.39 is 0 Å². The summed E-state index contributed by atoms with van der Waals surface area (Å²) < 4.78 is 1.20. The molecule has 7 heteroatoms. The molecule has 0 aliphatic carbocycles. The van der Waals surface area contributed by atoms with Gasteiger partial charge in [-0.15, -0.1) is 25.3 Å². The minimum atomic E-state index is 0. The molecule has 0 aliphatic heterocycles. The van der Waals surface area contributed by atoms with E-state index in [0.717, 1.165) is 48.5 Å². The Hall–Kier alpha value is 0.362. The van der Waals surface area contributed by atoms with Gasteiger partial charge in [-0.05, 0) is 27.7 Å². The van der Waals surface area contributed by atoms with E-state index in [-0.39, 0.29) is 27.3 Å². The molecule has 0 aromatic heterocycles. The van der Waals surface area contributed by atoms with Crippen LogP contribution in [-0.4, -0.2) is 71.9 Å². The normalized spacial score (nSPS) is 8.88. The Morgan fingerprint density at radius 1 is 0.640 bits per heavy atom. The summed E-state index contributed by atoms with van der Waals surface area (Å²) in [4.78, 5) is 3.92. The third kappa shape index (κ3) is 20.5. The topological polar surface area (TPSA) is 6.48 Å². The molecule has 0 spiro atoms. The number of nitrogens with zero attached hydrogens (tertiary/aromatic N) is 2. The van der Waals surface area contributed by atoms with Crippen LogP contribution in [0.3, 0.4) is 0 Å². The van der Waals surface area contributed by atoms with E-state index in [0.29, 0.717) is 8.64 Å². The quantitative estimate of drug-likeness (QED) is 0.174. The molecule has 0 aliphatic rings. The molecule has 0 fully saturated rings. The van der Waals surface area contributed by atoms with Crippen LogP contribution in [0.15, 0.2) is 48.6 Å². The average molecular weight is 610 g/mol. The van der Waals surface area contributed by atoms with Gasteiger partial charge in [-0.3, -0.25) is 0 Å². The number of hydrogen-bond acceptors (Lipinski definition) is 2. The van der Waals surface area contributed by atoms with E-state index in [2.05, 4.69) is 51.6 Å². The molecule has 0 amide bonds. The van der Waals surface area contributed by atoms with Gasteiger partial charge in [0.25, 0.3) is 0 Å². The van der Waals surface area contributed by atoms with Gasteiger partial charge in [-0.25, -0.2) is 0 Å². The fourth-order valence-electron chi connectivity index (χ4n) is 1.69. The van der Waals surface area contributed by atoms with Gasteiger partial charge in [0.2, 0.25) is 0 Å². The molecule has 0 unspecified atom stereocenters. The Labute approximate surface area is 196 Å². The molecule has 0 saturated carbocycles. The Morgan fingerprint density at radius 2 is 0.800 bits per heavy atom. The van der Waals surface area contributed by atoms with Gasteiger partial charge >= 0.3 is 0 Å². The molecular weight excluding hydrogens is 580 g/mol. The second kappa shape index (κ2) is 16.5. The molecule has 0 N–H and O–H groups in total. The molecule has 0 rings (SSSR count). The summed E-state index contributed by atoms with van der Waals surface area (Å²) in [6.45, 7) is 26.2. The van der Waals surface area contributed by atoms with E-state index in [4.69, 9.17) is 24.4 Å². The zero-order valence-electron chi connectivity index (χ0n) is 15.8. The molecule has 0 aromatic rings. The third-order valence-corrected chi connectivity index (χ3v) is 3.47. The molecule has 0 saturated heterocycles. The summed E-state index contributed by atoms with van der Waals surface area (Å²) in [6.07, 6.45) is 0. The van der Waals surface area contributed by atoms with Crippen LogP contribution in [-0.2, 0) is 0 Å². The summed E-state index contributed by atoms with van der Waals surface area (Å²) in [5, 5.41) is 0. The molecule has 0 bridgehead atoms. The first-order valence-electron chi connectivity index (χ1n) is 7.40. The number of rotatable bonds is 8. The zero-order valence-corrected chi connectivity index (χ0v) is 23.1. The summed E-state index contributed by atoms with van der Waals surface area (Å²) in [6, 6.07) is 0. The van der Waals surface area contributed by atoms with E-state index in [1.54, 1.807) is 0 Å². The van der Waals surface area contributed by atoms with E-state index in [1.807, 2.05) is 37.5 Å². The van der Waals surface area contributed by atoms with Gasteiger partial charge in [-0.1, -0.05) is 73.0 Å². The first-order chi connectivity index (χ1) is 10.9. The second-order valence-corrected chi connectivity index (χ2v) is 8.33. The van der Waals surface area contributed by atoms with Crippen LogP contribution < -0.4 is 0 Å². The van der Waals surface area contributed by atoms with Crippen LogP contribution in [0, 0.1) is 0 Å². The van der Waals surface area contributed by atoms with Crippen molar-refractivity contribution in [1.29, 1.82) is 0 Å². The first-order valence-corrected chi connectivity index (χ1v) is 9.11. The van der Waals surface area contributed by atoms with Crippen LogP contribution in [0.1, 0.15) is 27.7 Å². The van der Waals surface area contributed by atoms with Crippen molar-refractivity contribution in [2.45, 2.75) is 27.7 Å². The van der Waals surface area contributed by atoms with Crippen LogP contribution in [0.4, 0.5) is 0 Å². The van der Waals surface area contributed by atoms with E-state index in [1.165, 1.54) is 0 Å². The zero-order chi connectivity index (χ0) is 19.4. The maximum atomic E-state index is 4.96. The predicted molar refractivity (Wildman–Crippen MR) is 131 cm³/mol. The van der Waals surface area contributed by atoms with Crippen LogP contribution >= 0.6 is 49.7 Å². The summed E-state index contributed by atoms with van der Waals surface area (Å²) in [5.74, 6) is 0. The van der Waals surface area contributed by atoms with E-state index in [9.17, 15) is 0 Å². The first kappa shape index (κ1) is 30.1. The minimum Gasteiger partial charge on any atom is -0.350 e. The summed E-state index contributed by atoms with van der Waals surface area (Å²) in [5.41, 5.74) is 4.31.